The van der Waals surface area contributed by atoms with Crippen molar-refractivity contribution in [3.8, 4) is 5.69 Å². The first-order chi connectivity index (χ1) is 15.9. The number of piperidine rings is 1. The van der Waals surface area contributed by atoms with E-state index in [1.54, 1.807) is 24.3 Å². The lowest BCUT2D eigenvalue weighted by Crippen LogP contribution is -2.43. The Kier molecular flexibility index (Phi) is 6.85. The molecule has 2 heterocycles. The van der Waals surface area contributed by atoms with E-state index in [9.17, 15) is 13.2 Å². The van der Waals surface area contributed by atoms with Crippen LogP contribution >= 0.6 is 0 Å². The maximum absolute atomic E-state index is 13.3. The minimum atomic E-state index is -3.72. The Labute approximate surface area is 193 Å². The lowest BCUT2D eigenvalue weighted by atomic mass is 9.97. The number of anilines is 1. The summed E-state index contributed by atoms with van der Waals surface area (Å²) in [4.78, 5) is 13.3. The summed E-state index contributed by atoms with van der Waals surface area (Å²) in [5.74, 6) is -0.525. The van der Waals surface area contributed by atoms with Gasteiger partial charge in [0.2, 0.25) is 15.9 Å². The smallest absolute Gasteiger partial charge is 0.243 e. The van der Waals surface area contributed by atoms with Crippen molar-refractivity contribution in [3.63, 3.8) is 0 Å². The normalized spacial score (nSPS) is 17.1. The summed E-state index contributed by atoms with van der Waals surface area (Å²) in [6, 6.07) is 12.4. The molecule has 0 spiro atoms. The molecule has 0 radical (unpaired) electrons. The molecule has 9 nitrogen and oxygen atoms in total. The predicted octanol–water partition coefficient (Wildman–Crippen LogP) is 2.83. The monoisotopic (exact) mass is 468 g/mol. The SMILES string of the molecule is CCc1cccc(CC)c1NC(=O)[C@H]1CCCN(S(=O)(=O)c2ccc(-n3cnnn3)cc2)C1. The predicted molar refractivity (Wildman–Crippen MR) is 124 cm³/mol. The third kappa shape index (κ3) is 4.81. The number of nitrogens with one attached hydrogen (secondary N) is 1. The molecule has 4 rings (SSSR count). The van der Waals surface area contributed by atoms with Gasteiger partial charge < -0.3 is 5.32 Å². The minimum Gasteiger partial charge on any atom is -0.325 e. The molecule has 1 amide bonds. The van der Waals surface area contributed by atoms with Crippen LogP contribution in [0, 0.1) is 5.92 Å². The van der Waals surface area contributed by atoms with Crippen LogP contribution in [0.1, 0.15) is 37.8 Å². The Balaban J connectivity index is 1.49. The Morgan fingerprint density at radius 3 is 2.39 bits per heavy atom. The van der Waals surface area contributed by atoms with Gasteiger partial charge in [-0.1, -0.05) is 32.0 Å². The standard InChI is InChI=1S/C23H28N6O3S/c1-3-17-7-5-8-18(4-2)22(17)25-23(30)19-9-6-14-28(15-19)33(31,32)21-12-10-20(11-13-21)29-16-24-26-27-29/h5,7-8,10-13,16,19H,3-4,6,9,14-15H2,1-2H3,(H,25,30)/t19-/m0/s1. The van der Waals surface area contributed by atoms with Gasteiger partial charge in [-0.05, 0) is 71.5 Å². The number of benzene rings is 2. The summed E-state index contributed by atoms with van der Waals surface area (Å²) in [5.41, 5.74) is 3.71. The zero-order valence-electron chi connectivity index (χ0n) is 18.8. The van der Waals surface area contributed by atoms with Crippen LogP contribution in [0.2, 0.25) is 0 Å². The quantitative estimate of drug-likeness (QED) is 0.571. The van der Waals surface area contributed by atoms with Crippen LogP contribution in [0.15, 0.2) is 53.7 Å². The Morgan fingerprint density at radius 1 is 1.09 bits per heavy atom. The molecular weight excluding hydrogens is 440 g/mol. The highest BCUT2D eigenvalue weighted by atomic mass is 32.2. The molecule has 1 aliphatic rings. The van der Waals surface area contributed by atoms with Crippen molar-refractivity contribution in [1.29, 1.82) is 0 Å². The van der Waals surface area contributed by atoms with Crippen molar-refractivity contribution < 1.29 is 13.2 Å². The molecule has 1 atom stereocenters. The van der Waals surface area contributed by atoms with Crippen LogP contribution in [-0.2, 0) is 27.7 Å². The lowest BCUT2D eigenvalue weighted by molar-refractivity contribution is -0.120. The molecule has 10 heteroatoms. The first-order valence-electron chi connectivity index (χ1n) is 11.2. The number of tetrazole rings is 1. The molecule has 1 fully saturated rings. The van der Waals surface area contributed by atoms with E-state index in [0.29, 0.717) is 25.1 Å². The number of nitrogens with zero attached hydrogens (tertiary/aromatic N) is 5. The largest absolute Gasteiger partial charge is 0.325 e. The molecule has 1 N–H and O–H groups in total. The van der Waals surface area contributed by atoms with Crippen molar-refractivity contribution in [2.75, 3.05) is 18.4 Å². The number of amides is 1. The molecule has 0 aliphatic carbocycles. The first kappa shape index (κ1) is 23.1. The average Bonchev–Trinajstić information content (AvgIpc) is 3.39. The molecule has 0 saturated carbocycles. The van der Waals surface area contributed by atoms with Gasteiger partial charge in [-0.3, -0.25) is 4.79 Å². The molecule has 1 saturated heterocycles. The van der Waals surface area contributed by atoms with Crippen molar-refractivity contribution >= 4 is 21.6 Å². The number of carbonyl (C=O) groups excluding carboxylic acids is 1. The molecule has 1 aromatic heterocycles. The average molecular weight is 469 g/mol. The highest BCUT2D eigenvalue weighted by molar-refractivity contribution is 7.89. The van der Waals surface area contributed by atoms with E-state index in [-0.39, 0.29) is 17.3 Å². The Bertz CT molecular complexity index is 1190. The van der Waals surface area contributed by atoms with E-state index in [1.165, 1.54) is 15.3 Å². The van der Waals surface area contributed by atoms with Gasteiger partial charge in [0.15, 0.2) is 0 Å². The van der Waals surface area contributed by atoms with Gasteiger partial charge in [-0.15, -0.1) is 5.10 Å². The number of rotatable bonds is 7. The van der Waals surface area contributed by atoms with E-state index in [2.05, 4.69) is 34.7 Å². The molecule has 1 aliphatic heterocycles. The highest BCUT2D eigenvalue weighted by Crippen LogP contribution is 2.27. The maximum atomic E-state index is 13.3. The third-order valence-electron chi connectivity index (χ3n) is 6.09. The number of aryl methyl sites for hydroxylation is 2. The number of hydrogen-bond acceptors (Lipinski definition) is 6. The second-order valence-corrected chi connectivity index (χ2v) is 10.0. The summed E-state index contributed by atoms with van der Waals surface area (Å²) < 4.78 is 29.4. The fourth-order valence-electron chi connectivity index (χ4n) is 4.20. The number of carbonyl (C=O) groups is 1. The van der Waals surface area contributed by atoms with Crippen LogP contribution in [0.5, 0.6) is 0 Å². The van der Waals surface area contributed by atoms with Gasteiger partial charge in [-0.2, -0.15) is 4.31 Å². The molecule has 3 aromatic rings. The highest BCUT2D eigenvalue weighted by Gasteiger charge is 2.33. The summed E-state index contributed by atoms with van der Waals surface area (Å²) in [7, 11) is -3.72. The van der Waals surface area contributed by atoms with Crippen LogP contribution in [0.4, 0.5) is 5.69 Å². The second-order valence-electron chi connectivity index (χ2n) is 8.10. The maximum Gasteiger partial charge on any atom is 0.243 e. The van der Waals surface area contributed by atoms with Crippen molar-refractivity contribution in [1.82, 2.24) is 24.5 Å². The zero-order valence-corrected chi connectivity index (χ0v) is 19.6. The van der Waals surface area contributed by atoms with Crippen LogP contribution in [-0.4, -0.2) is 51.9 Å². The van der Waals surface area contributed by atoms with Crippen LogP contribution < -0.4 is 5.32 Å². The number of sulfonamides is 1. The van der Waals surface area contributed by atoms with Gasteiger partial charge in [0.05, 0.1) is 16.5 Å². The van der Waals surface area contributed by atoms with E-state index < -0.39 is 15.9 Å². The summed E-state index contributed by atoms with van der Waals surface area (Å²) in [5, 5.41) is 14.1. The van der Waals surface area contributed by atoms with Crippen molar-refractivity contribution in [2.24, 2.45) is 5.92 Å². The van der Waals surface area contributed by atoms with E-state index in [4.69, 9.17) is 0 Å². The van der Waals surface area contributed by atoms with Crippen molar-refractivity contribution in [3.05, 3.63) is 59.9 Å². The van der Waals surface area contributed by atoms with Gasteiger partial charge in [0.1, 0.15) is 6.33 Å². The molecule has 174 valence electrons. The van der Waals surface area contributed by atoms with E-state index >= 15 is 0 Å². The van der Waals surface area contributed by atoms with Crippen LogP contribution in [0.25, 0.3) is 5.69 Å². The molecular formula is C23H28N6O3S. The van der Waals surface area contributed by atoms with E-state index in [0.717, 1.165) is 29.7 Å². The lowest BCUT2D eigenvalue weighted by Gasteiger charge is -2.31. The summed E-state index contributed by atoms with van der Waals surface area (Å²) in [6.07, 6.45) is 4.37. The van der Waals surface area contributed by atoms with Gasteiger partial charge in [0.25, 0.3) is 0 Å². The topological polar surface area (TPSA) is 110 Å². The number of aromatic nitrogens is 4. The van der Waals surface area contributed by atoms with E-state index in [1.807, 2.05) is 18.2 Å². The fourth-order valence-corrected chi connectivity index (χ4v) is 5.73. The number of hydrogen-bond donors (Lipinski definition) is 1. The van der Waals surface area contributed by atoms with Crippen molar-refractivity contribution in [2.45, 2.75) is 44.4 Å². The second kappa shape index (κ2) is 9.80. The first-order valence-corrected chi connectivity index (χ1v) is 12.6. The van der Waals surface area contributed by atoms with Gasteiger partial charge in [0, 0.05) is 18.8 Å². The fraction of sp³-hybridized carbons (Fsp3) is 0.391. The Hall–Kier alpha value is -3.11. The molecule has 2 aromatic carbocycles. The summed E-state index contributed by atoms with van der Waals surface area (Å²) >= 11 is 0. The molecule has 0 bridgehead atoms. The Morgan fingerprint density at radius 2 is 1.79 bits per heavy atom. The minimum absolute atomic E-state index is 0.125. The third-order valence-corrected chi connectivity index (χ3v) is 7.97. The van der Waals surface area contributed by atoms with Gasteiger partial charge >= 0.3 is 0 Å². The molecule has 33 heavy (non-hydrogen) atoms. The summed E-state index contributed by atoms with van der Waals surface area (Å²) in [6.45, 7) is 4.68. The van der Waals surface area contributed by atoms with Gasteiger partial charge in [-0.25, -0.2) is 13.1 Å². The van der Waals surface area contributed by atoms with Crippen LogP contribution in [0.3, 0.4) is 0 Å². The molecule has 0 unspecified atom stereocenters. The number of para-hydroxylation sites is 1. The zero-order chi connectivity index (χ0) is 23.4.